The fourth-order valence-electron chi connectivity index (χ4n) is 2.92. The van der Waals surface area contributed by atoms with Crippen LogP contribution in [0.1, 0.15) is 18.4 Å². The van der Waals surface area contributed by atoms with E-state index in [4.69, 9.17) is 11.6 Å². The van der Waals surface area contributed by atoms with Crippen LogP contribution in [0.2, 0.25) is 5.02 Å². The standard InChI is InChI=1S/C17H22ClN5O2S/c1-13-15(18)5-4-6-16(13)26(24,25)21-8-7-19-17-11-14(12-20-22-17)23-9-2-3-10-23/h4-6,11-12,21H,2-3,7-10H2,1H3,(H,19,22). The molecule has 9 heteroatoms. The van der Waals surface area contributed by atoms with Gasteiger partial charge >= 0.3 is 0 Å². The van der Waals surface area contributed by atoms with Crippen molar-refractivity contribution in [3.8, 4) is 0 Å². The Bertz CT molecular complexity index is 869. The van der Waals surface area contributed by atoms with Crippen LogP contribution in [-0.4, -0.2) is 44.8 Å². The Kier molecular flexibility index (Phi) is 5.95. The summed E-state index contributed by atoms with van der Waals surface area (Å²) in [6, 6.07) is 6.78. The van der Waals surface area contributed by atoms with Crippen molar-refractivity contribution >= 4 is 33.1 Å². The first-order chi connectivity index (χ1) is 12.5. The summed E-state index contributed by atoms with van der Waals surface area (Å²) in [5, 5.41) is 11.6. The molecule has 0 saturated carbocycles. The summed E-state index contributed by atoms with van der Waals surface area (Å²) < 4.78 is 27.4. The van der Waals surface area contributed by atoms with Gasteiger partial charge in [-0.05, 0) is 37.5 Å². The van der Waals surface area contributed by atoms with Gasteiger partial charge in [0, 0.05) is 37.3 Å². The van der Waals surface area contributed by atoms with Crippen LogP contribution in [0.25, 0.3) is 0 Å². The van der Waals surface area contributed by atoms with Crippen molar-refractivity contribution in [1.29, 1.82) is 0 Å². The van der Waals surface area contributed by atoms with Crippen LogP contribution in [0.15, 0.2) is 35.4 Å². The second kappa shape index (κ2) is 8.20. The lowest BCUT2D eigenvalue weighted by molar-refractivity contribution is 0.582. The van der Waals surface area contributed by atoms with E-state index >= 15 is 0 Å². The largest absolute Gasteiger partial charge is 0.370 e. The fraction of sp³-hybridized carbons (Fsp3) is 0.412. The van der Waals surface area contributed by atoms with Crippen molar-refractivity contribution in [2.24, 2.45) is 0 Å². The summed E-state index contributed by atoms with van der Waals surface area (Å²) in [4.78, 5) is 2.46. The van der Waals surface area contributed by atoms with Crippen LogP contribution in [0, 0.1) is 6.92 Å². The molecule has 2 heterocycles. The second-order valence-corrected chi connectivity index (χ2v) is 8.32. The maximum Gasteiger partial charge on any atom is 0.240 e. The monoisotopic (exact) mass is 395 g/mol. The molecule has 7 nitrogen and oxygen atoms in total. The number of hydrogen-bond donors (Lipinski definition) is 2. The smallest absolute Gasteiger partial charge is 0.240 e. The van der Waals surface area contributed by atoms with Gasteiger partial charge in [-0.3, -0.25) is 0 Å². The van der Waals surface area contributed by atoms with Gasteiger partial charge in [-0.15, -0.1) is 5.10 Å². The van der Waals surface area contributed by atoms with E-state index in [1.54, 1.807) is 31.3 Å². The minimum absolute atomic E-state index is 0.195. The minimum Gasteiger partial charge on any atom is -0.370 e. The highest BCUT2D eigenvalue weighted by Crippen LogP contribution is 2.23. The number of benzene rings is 1. The third-order valence-electron chi connectivity index (χ3n) is 4.34. The molecule has 1 saturated heterocycles. The Balaban J connectivity index is 1.55. The molecule has 0 aliphatic carbocycles. The van der Waals surface area contributed by atoms with E-state index in [1.165, 1.54) is 12.8 Å². The Morgan fingerprint density at radius 2 is 2.00 bits per heavy atom. The SMILES string of the molecule is Cc1c(Cl)cccc1S(=O)(=O)NCCNc1cc(N2CCCC2)cnn1. The number of rotatable bonds is 7. The van der Waals surface area contributed by atoms with Crippen LogP contribution >= 0.6 is 11.6 Å². The normalized spacial score (nSPS) is 14.6. The van der Waals surface area contributed by atoms with Crippen molar-refractivity contribution in [3.63, 3.8) is 0 Å². The molecule has 0 amide bonds. The number of anilines is 2. The van der Waals surface area contributed by atoms with E-state index in [1.807, 2.05) is 6.07 Å². The zero-order valence-corrected chi connectivity index (χ0v) is 16.1. The van der Waals surface area contributed by atoms with Crippen LogP contribution < -0.4 is 14.9 Å². The molecule has 2 aromatic rings. The van der Waals surface area contributed by atoms with Gasteiger partial charge in [0.25, 0.3) is 0 Å². The molecule has 0 unspecified atom stereocenters. The summed E-state index contributed by atoms with van der Waals surface area (Å²) in [5.74, 6) is 0.632. The van der Waals surface area contributed by atoms with Gasteiger partial charge in [0.1, 0.15) is 0 Å². The van der Waals surface area contributed by atoms with Crippen molar-refractivity contribution in [3.05, 3.63) is 41.0 Å². The number of nitrogens with zero attached hydrogens (tertiary/aromatic N) is 3. The first-order valence-corrected chi connectivity index (χ1v) is 10.4. The number of halogens is 1. The molecule has 1 aliphatic heterocycles. The van der Waals surface area contributed by atoms with Crippen molar-refractivity contribution < 1.29 is 8.42 Å². The molecule has 1 aliphatic rings. The lowest BCUT2D eigenvalue weighted by atomic mass is 10.2. The Morgan fingerprint density at radius 1 is 1.23 bits per heavy atom. The quantitative estimate of drug-likeness (QED) is 0.700. The molecule has 0 spiro atoms. The first kappa shape index (κ1) is 18.9. The predicted molar refractivity (Wildman–Crippen MR) is 103 cm³/mol. The molecule has 1 fully saturated rings. The summed E-state index contributed by atoms with van der Waals surface area (Å²) in [6.45, 7) is 4.38. The second-order valence-electron chi connectivity index (χ2n) is 6.18. The summed E-state index contributed by atoms with van der Waals surface area (Å²) in [6.07, 6.45) is 4.13. The highest BCUT2D eigenvalue weighted by molar-refractivity contribution is 7.89. The maximum absolute atomic E-state index is 12.4. The third-order valence-corrected chi connectivity index (χ3v) is 6.36. The molecule has 26 heavy (non-hydrogen) atoms. The lowest BCUT2D eigenvalue weighted by Crippen LogP contribution is -2.29. The highest BCUT2D eigenvalue weighted by atomic mass is 35.5. The maximum atomic E-state index is 12.4. The van der Waals surface area contributed by atoms with Gasteiger partial charge in [-0.2, -0.15) is 5.10 Å². The van der Waals surface area contributed by atoms with Gasteiger partial charge < -0.3 is 10.2 Å². The van der Waals surface area contributed by atoms with Crippen LogP contribution in [0.3, 0.4) is 0 Å². The van der Waals surface area contributed by atoms with Gasteiger partial charge in [0.05, 0.1) is 16.8 Å². The topological polar surface area (TPSA) is 87.2 Å². The molecular formula is C17H22ClN5O2S. The Morgan fingerprint density at radius 3 is 2.77 bits per heavy atom. The molecule has 2 N–H and O–H groups in total. The van der Waals surface area contributed by atoms with Gasteiger partial charge in [0.15, 0.2) is 5.82 Å². The van der Waals surface area contributed by atoms with Crippen molar-refractivity contribution in [1.82, 2.24) is 14.9 Å². The van der Waals surface area contributed by atoms with E-state index in [2.05, 4.69) is 25.1 Å². The van der Waals surface area contributed by atoms with E-state index in [-0.39, 0.29) is 11.4 Å². The minimum atomic E-state index is -3.61. The van der Waals surface area contributed by atoms with E-state index in [0.29, 0.717) is 22.9 Å². The molecule has 1 aromatic heterocycles. The fourth-order valence-corrected chi connectivity index (χ4v) is 4.45. The van der Waals surface area contributed by atoms with Crippen LogP contribution in [0.5, 0.6) is 0 Å². The number of sulfonamides is 1. The lowest BCUT2D eigenvalue weighted by Gasteiger charge is -2.17. The van der Waals surface area contributed by atoms with E-state index in [9.17, 15) is 8.42 Å². The third kappa shape index (κ3) is 4.44. The first-order valence-electron chi connectivity index (χ1n) is 8.54. The summed E-state index contributed by atoms with van der Waals surface area (Å²) >= 11 is 6.01. The number of hydrogen-bond acceptors (Lipinski definition) is 6. The molecule has 0 bridgehead atoms. The van der Waals surface area contributed by atoms with Crippen LogP contribution in [0.4, 0.5) is 11.5 Å². The van der Waals surface area contributed by atoms with E-state index < -0.39 is 10.0 Å². The molecule has 140 valence electrons. The van der Waals surface area contributed by atoms with Crippen LogP contribution in [-0.2, 0) is 10.0 Å². The number of aromatic nitrogens is 2. The molecular weight excluding hydrogens is 374 g/mol. The van der Waals surface area contributed by atoms with Gasteiger partial charge in [0.2, 0.25) is 10.0 Å². The van der Waals surface area contributed by atoms with Crippen molar-refractivity contribution in [2.75, 3.05) is 36.4 Å². The van der Waals surface area contributed by atoms with Gasteiger partial charge in [-0.25, -0.2) is 13.1 Å². The van der Waals surface area contributed by atoms with E-state index in [0.717, 1.165) is 18.8 Å². The average Bonchev–Trinajstić information content (AvgIpc) is 3.16. The zero-order chi connectivity index (χ0) is 18.6. The Labute approximate surface area is 158 Å². The Hall–Kier alpha value is -1.90. The zero-order valence-electron chi connectivity index (χ0n) is 14.6. The summed E-state index contributed by atoms with van der Waals surface area (Å²) in [5.41, 5.74) is 1.58. The molecule has 0 atom stereocenters. The molecule has 3 rings (SSSR count). The predicted octanol–water partition coefficient (Wildman–Crippen LogP) is 2.43. The molecule has 0 radical (unpaired) electrons. The highest BCUT2D eigenvalue weighted by Gasteiger charge is 2.17. The molecule has 1 aromatic carbocycles. The van der Waals surface area contributed by atoms with Gasteiger partial charge in [-0.1, -0.05) is 17.7 Å². The average molecular weight is 396 g/mol. The van der Waals surface area contributed by atoms with Crippen molar-refractivity contribution in [2.45, 2.75) is 24.7 Å². The summed E-state index contributed by atoms with van der Waals surface area (Å²) in [7, 11) is -3.61. The number of nitrogens with one attached hydrogen (secondary N) is 2.